The average molecular weight is 331 g/mol. The molecule has 0 atom stereocenters. The molecule has 1 saturated heterocycles. The molecule has 0 bridgehead atoms. The molecule has 4 heteroatoms. The SMILES string of the molecule is CC(=O)N1CCCN(CC2(CBr)CCCCC2)CC1. The van der Waals surface area contributed by atoms with Crippen molar-refractivity contribution < 1.29 is 4.79 Å². The van der Waals surface area contributed by atoms with E-state index in [4.69, 9.17) is 0 Å². The van der Waals surface area contributed by atoms with Gasteiger partial charge in [-0.15, -0.1) is 0 Å². The van der Waals surface area contributed by atoms with E-state index in [1.165, 1.54) is 38.6 Å². The first-order valence-electron chi connectivity index (χ1n) is 7.69. The third-order valence-corrected chi connectivity index (χ3v) is 5.98. The van der Waals surface area contributed by atoms with Crippen LogP contribution in [-0.2, 0) is 4.79 Å². The summed E-state index contributed by atoms with van der Waals surface area (Å²) in [5.74, 6) is 0.231. The third kappa shape index (κ3) is 4.19. The van der Waals surface area contributed by atoms with Gasteiger partial charge in [-0.25, -0.2) is 0 Å². The smallest absolute Gasteiger partial charge is 0.219 e. The van der Waals surface area contributed by atoms with Gasteiger partial charge in [0.25, 0.3) is 0 Å². The number of hydrogen-bond acceptors (Lipinski definition) is 2. The van der Waals surface area contributed by atoms with Gasteiger partial charge in [0, 0.05) is 38.4 Å². The molecule has 110 valence electrons. The van der Waals surface area contributed by atoms with Crippen LogP contribution in [0, 0.1) is 5.41 Å². The number of carbonyl (C=O) groups excluding carboxylic acids is 1. The Balaban J connectivity index is 1.89. The van der Waals surface area contributed by atoms with Crippen LogP contribution in [0.4, 0.5) is 0 Å². The predicted molar refractivity (Wildman–Crippen MR) is 82.6 cm³/mol. The molecule has 0 spiro atoms. The summed E-state index contributed by atoms with van der Waals surface area (Å²) in [6.07, 6.45) is 8.04. The van der Waals surface area contributed by atoms with Gasteiger partial charge in [-0.05, 0) is 31.2 Å². The molecule has 1 heterocycles. The number of halogens is 1. The van der Waals surface area contributed by atoms with Crippen LogP contribution in [0.15, 0.2) is 0 Å². The van der Waals surface area contributed by atoms with Crippen LogP contribution >= 0.6 is 15.9 Å². The summed E-state index contributed by atoms with van der Waals surface area (Å²) in [6.45, 7) is 6.95. The minimum atomic E-state index is 0.231. The highest BCUT2D eigenvalue weighted by Crippen LogP contribution is 2.38. The molecule has 19 heavy (non-hydrogen) atoms. The molecule has 0 aromatic heterocycles. The van der Waals surface area contributed by atoms with E-state index in [0.29, 0.717) is 5.41 Å². The third-order valence-electron chi connectivity index (χ3n) is 4.79. The number of nitrogens with zero attached hydrogens (tertiary/aromatic N) is 2. The van der Waals surface area contributed by atoms with Crippen molar-refractivity contribution in [3.8, 4) is 0 Å². The lowest BCUT2D eigenvalue weighted by atomic mass is 9.75. The lowest BCUT2D eigenvalue weighted by molar-refractivity contribution is -0.128. The van der Waals surface area contributed by atoms with Crippen molar-refractivity contribution in [2.24, 2.45) is 5.41 Å². The average Bonchev–Trinajstić information content (AvgIpc) is 2.65. The fourth-order valence-corrected chi connectivity index (χ4v) is 4.29. The van der Waals surface area contributed by atoms with E-state index >= 15 is 0 Å². The lowest BCUT2D eigenvalue weighted by Crippen LogP contribution is -2.42. The molecule has 0 aromatic carbocycles. The Kier molecular flexibility index (Phi) is 5.70. The van der Waals surface area contributed by atoms with Gasteiger partial charge in [0.1, 0.15) is 0 Å². The Morgan fingerprint density at radius 1 is 1.05 bits per heavy atom. The Labute approximate surface area is 125 Å². The quantitative estimate of drug-likeness (QED) is 0.743. The molecular weight excluding hydrogens is 304 g/mol. The van der Waals surface area contributed by atoms with Gasteiger partial charge in [-0.1, -0.05) is 35.2 Å². The zero-order valence-electron chi connectivity index (χ0n) is 12.2. The predicted octanol–water partition coefficient (Wildman–Crippen LogP) is 2.89. The van der Waals surface area contributed by atoms with E-state index in [1.807, 2.05) is 4.90 Å². The van der Waals surface area contributed by atoms with Crippen LogP contribution in [-0.4, -0.2) is 53.8 Å². The summed E-state index contributed by atoms with van der Waals surface area (Å²) >= 11 is 3.76. The Hall–Kier alpha value is -0.0900. The Bertz CT molecular complexity index is 303. The van der Waals surface area contributed by atoms with Gasteiger partial charge >= 0.3 is 0 Å². The van der Waals surface area contributed by atoms with Crippen molar-refractivity contribution in [1.82, 2.24) is 9.80 Å². The number of carbonyl (C=O) groups is 1. The van der Waals surface area contributed by atoms with Crippen LogP contribution in [0.1, 0.15) is 45.4 Å². The van der Waals surface area contributed by atoms with Gasteiger partial charge in [0.15, 0.2) is 0 Å². The first kappa shape index (κ1) is 15.3. The first-order chi connectivity index (χ1) is 9.15. The van der Waals surface area contributed by atoms with Crippen LogP contribution in [0.2, 0.25) is 0 Å². The van der Waals surface area contributed by atoms with E-state index in [1.54, 1.807) is 6.92 Å². The molecule has 2 rings (SSSR count). The molecule has 1 aliphatic heterocycles. The molecule has 1 aliphatic carbocycles. The van der Waals surface area contributed by atoms with E-state index in [0.717, 1.165) is 37.9 Å². The zero-order chi connectivity index (χ0) is 13.7. The topological polar surface area (TPSA) is 23.6 Å². The van der Waals surface area contributed by atoms with Gasteiger partial charge in [-0.2, -0.15) is 0 Å². The maximum Gasteiger partial charge on any atom is 0.219 e. The second-order valence-electron chi connectivity index (χ2n) is 6.33. The van der Waals surface area contributed by atoms with Crippen LogP contribution in [0.5, 0.6) is 0 Å². The van der Waals surface area contributed by atoms with Gasteiger partial charge in [0.05, 0.1) is 0 Å². The fourth-order valence-electron chi connectivity index (χ4n) is 3.55. The number of rotatable bonds is 3. The summed E-state index contributed by atoms with van der Waals surface area (Å²) in [5.41, 5.74) is 0.490. The highest BCUT2D eigenvalue weighted by atomic mass is 79.9. The molecule has 1 saturated carbocycles. The van der Waals surface area contributed by atoms with Crippen molar-refractivity contribution in [3.05, 3.63) is 0 Å². The minimum Gasteiger partial charge on any atom is -0.342 e. The van der Waals surface area contributed by atoms with E-state index in [2.05, 4.69) is 20.8 Å². The van der Waals surface area contributed by atoms with Crippen molar-refractivity contribution in [1.29, 1.82) is 0 Å². The second kappa shape index (κ2) is 7.07. The summed E-state index contributed by atoms with van der Waals surface area (Å²) in [6, 6.07) is 0. The molecule has 0 radical (unpaired) electrons. The second-order valence-corrected chi connectivity index (χ2v) is 6.89. The zero-order valence-corrected chi connectivity index (χ0v) is 13.8. The largest absolute Gasteiger partial charge is 0.342 e. The van der Waals surface area contributed by atoms with Crippen molar-refractivity contribution >= 4 is 21.8 Å². The first-order valence-corrected chi connectivity index (χ1v) is 8.81. The van der Waals surface area contributed by atoms with Crippen molar-refractivity contribution in [2.75, 3.05) is 38.1 Å². The number of alkyl halides is 1. The normalized spacial score (nSPS) is 25.1. The van der Waals surface area contributed by atoms with Crippen LogP contribution in [0.25, 0.3) is 0 Å². The molecule has 2 fully saturated rings. The summed E-state index contributed by atoms with van der Waals surface area (Å²) in [7, 11) is 0. The monoisotopic (exact) mass is 330 g/mol. The summed E-state index contributed by atoms with van der Waals surface area (Å²) in [5, 5.41) is 1.13. The standard InChI is InChI=1S/C15H27BrN2O/c1-14(19)18-9-5-8-17(10-11-18)13-15(12-16)6-3-2-4-7-15/h2-13H2,1H3. The number of amides is 1. The Morgan fingerprint density at radius 3 is 2.42 bits per heavy atom. The van der Waals surface area contributed by atoms with Gasteiger partial charge in [-0.3, -0.25) is 4.79 Å². The van der Waals surface area contributed by atoms with Gasteiger partial charge < -0.3 is 9.80 Å². The summed E-state index contributed by atoms with van der Waals surface area (Å²) < 4.78 is 0. The Morgan fingerprint density at radius 2 is 1.79 bits per heavy atom. The van der Waals surface area contributed by atoms with E-state index in [9.17, 15) is 4.79 Å². The van der Waals surface area contributed by atoms with Gasteiger partial charge in [0.2, 0.25) is 5.91 Å². The molecule has 3 nitrogen and oxygen atoms in total. The maximum atomic E-state index is 11.5. The van der Waals surface area contributed by atoms with E-state index < -0.39 is 0 Å². The number of hydrogen-bond donors (Lipinski definition) is 0. The maximum absolute atomic E-state index is 11.5. The van der Waals surface area contributed by atoms with E-state index in [-0.39, 0.29) is 5.91 Å². The minimum absolute atomic E-state index is 0.231. The highest BCUT2D eigenvalue weighted by Gasteiger charge is 2.33. The molecule has 1 amide bonds. The van der Waals surface area contributed by atoms with Crippen molar-refractivity contribution in [2.45, 2.75) is 45.4 Å². The van der Waals surface area contributed by atoms with Crippen LogP contribution in [0.3, 0.4) is 0 Å². The van der Waals surface area contributed by atoms with Crippen molar-refractivity contribution in [3.63, 3.8) is 0 Å². The summed E-state index contributed by atoms with van der Waals surface area (Å²) in [4.78, 5) is 16.1. The molecular formula is C15H27BrN2O. The molecule has 2 aliphatic rings. The molecule has 0 N–H and O–H groups in total. The fraction of sp³-hybridized carbons (Fsp3) is 0.933. The lowest BCUT2D eigenvalue weighted by Gasteiger charge is -2.39. The molecule has 0 aromatic rings. The molecule has 0 unspecified atom stereocenters. The highest BCUT2D eigenvalue weighted by molar-refractivity contribution is 9.09. The van der Waals surface area contributed by atoms with Crippen LogP contribution < -0.4 is 0 Å².